The van der Waals surface area contributed by atoms with E-state index in [4.69, 9.17) is 0 Å². The lowest BCUT2D eigenvalue weighted by Crippen LogP contribution is -2.38. The Balaban J connectivity index is 1.46. The van der Waals surface area contributed by atoms with Gasteiger partial charge in [-0.25, -0.2) is 0 Å². The number of piperidine rings is 1. The van der Waals surface area contributed by atoms with E-state index in [9.17, 15) is 4.79 Å². The van der Waals surface area contributed by atoms with Gasteiger partial charge in [-0.15, -0.1) is 0 Å². The van der Waals surface area contributed by atoms with Crippen molar-refractivity contribution in [2.45, 2.75) is 12.8 Å². The lowest BCUT2D eigenvalue weighted by Gasteiger charge is -2.33. The van der Waals surface area contributed by atoms with Crippen LogP contribution in [0.2, 0.25) is 0 Å². The molecule has 4 nitrogen and oxygen atoms in total. The van der Waals surface area contributed by atoms with Crippen molar-refractivity contribution in [3.05, 3.63) is 58.8 Å². The molecule has 120 valence electrons. The molecule has 1 fully saturated rings. The fourth-order valence-electron chi connectivity index (χ4n) is 2.89. The first-order chi connectivity index (χ1) is 11.2. The Kier molecular flexibility index (Phi) is 5.28. The molecule has 0 radical (unpaired) electrons. The minimum atomic E-state index is 0.00839. The van der Waals surface area contributed by atoms with Gasteiger partial charge in [0.05, 0.1) is 0 Å². The van der Waals surface area contributed by atoms with Gasteiger partial charge < -0.3 is 10.2 Å². The number of nitrogens with zero attached hydrogens (tertiary/aromatic N) is 2. The van der Waals surface area contributed by atoms with Gasteiger partial charge in [-0.3, -0.25) is 9.78 Å². The number of carbonyl (C=O) groups excluding carboxylic acids is 1. The van der Waals surface area contributed by atoms with Crippen LogP contribution in [0.1, 0.15) is 23.2 Å². The third-order valence-electron chi connectivity index (χ3n) is 4.30. The van der Waals surface area contributed by atoms with Crippen molar-refractivity contribution >= 4 is 27.5 Å². The van der Waals surface area contributed by atoms with Crippen molar-refractivity contribution in [3.8, 4) is 0 Å². The van der Waals surface area contributed by atoms with E-state index in [1.165, 1.54) is 5.69 Å². The zero-order valence-corrected chi connectivity index (χ0v) is 14.5. The number of carbonyl (C=O) groups is 1. The summed E-state index contributed by atoms with van der Waals surface area (Å²) in [5, 5.41) is 3.06. The van der Waals surface area contributed by atoms with Crippen LogP contribution in [-0.2, 0) is 0 Å². The SMILES string of the molecule is O=C(NCC1CCN(c2ccncc2)CC1)c1ccc(Br)cc1. The number of amides is 1. The van der Waals surface area contributed by atoms with Crippen LogP contribution < -0.4 is 10.2 Å². The average molecular weight is 374 g/mol. The van der Waals surface area contributed by atoms with Gasteiger partial charge in [0.15, 0.2) is 0 Å². The molecule has 0 spiro atoms. The fourth-order valence-corrected chi connectivity index (χ4v) is 3.15. The quantitative estimate of drug-likeness (QED) is 0.891. The maximum Gasteiger partial charge on any atom is 0.251 e. The molecule has 0 aliphatic carbocycles. The van der Waals surface area contributed by atoms with E-state index in [1.807, 2.05) is 36.7 Å². The molecular formula is C18H20BrN3O. The molecular weight excluding hydrogens is 354 g/mol. The molecule has 1 aromatic carbocycles. The summed E-state index contributed by atoms with van der Waals surface area (Å²) < 4.78 is 0.984. The number of pyridine rings is 1. The van der Waals surface area contributed by atoms with Crippen molar-refractivity contribution in [3.63, 3.8) is 0 Å². The van der Waals surface area contributed by atoms with E-state index in [0.29, 0.717) is 11.5 Å². The molecule has 3 rings (SSSR count). The molecule has 1 aromatic heterocycles. The van der Waals surface area contributed by atoms with E-state index in [-0.39, 0.29) is 5.91 Å². The smallest absolute Gasteiger partial charge is 0.251 e. The molecule has 1 N–H and O–H groups in total. The molecule has 5 heteroatoms. The third kappa shape index (κ3) is 4.32. The minimum Gasteiger partial charge on any atom is -0.371 e. The standard InChI is InChI=1S/C18H20BrN3O/c19-16-3-1-15(2-4-16)18(23)21-13-14-7-11-22(12-8-14)17-5-9-20-10-6-17/h1-6,9-10,14H,7-8,11-13H2,(H,21,23). The number of hydrogen-bond acceptors (Lipinski definition) is 3. The second-order valence-electron chi connectivity index (χ2n) is 5.85. The van der Waals surface area contributed by atoms with Crippen LogP contribution >= 0.6 is 15.9 Å². The summed E-state index contributed by atoms with van der Waals surface area (Å²) in [6.07, 6.45) is 5.87. The average Bonchev–Trinajstić information content (AvgIpc) is 2.61. The molecule has 1 aliphatic heterocycles. The second-order valence-corrected chi connectivity index (χ2v) is 6.77. The normalized spacial score (nSPS) is 15.4. The fraction of sp³-hybridized carbons (Fsp3) is 0.333. The van der Waals surface area contributed by atoms with E-state index < -0.39 is 0 Å². The summed E-state index contributed by atoms with van der Waals surface area (Å²) in [5.74, 6) is 0.557. The lowest BCUT2D eigenvalue weighted by molar-refractivity contribution is 0.0945. The highest BCUT2D eigenvalue weighted by Crippen LogP contribution is 2.22. The topological polar surface area (TPSA) is 45.2 Å². The Hall–Kier alpha value is -1.88. The largest absolute Gasteiger partial charge is 0.371 e. The van der Waals surface area contributed by atoms with E-state index in [0.717, 1.165) is 36.9 Å². The Labute approximate surface area is 145 Å². The molecule has 0 unspecified atom stereocenters. The molecule has 2 aromatic rings. The van der Waals surface area contributed by atoms with Gasteiger partial charge in [0.25, 0.3) is 5.91 Å². The Morgan fingerprint density at radius 3 is 2.43 bits per heavy atom. The van der Waals surface area contributed by atoms with Crippen LogP contribution in [0.15, 0.2) is 53.3 Å². The van der Waals surface area contributed by atoms with Gasteiger partial charge >= 0.3 is 0 Å². The van der Waals surface area contributed by atoms with E-state index >= 15 is 0 Å². The Bertz CT molecular complexity index is 637. The predicted octanol–water partition coefficient (Wildman–Crippen LogP) is 3.49. The van der Waals surface area contributed by atoms with Crippen molar-refractivity contribution in [2.75, 3.05) is 24.5 Å². The van der Waals surface area contributed by atoms with Crippen molar-refractivity contribution in [2.24, 2.45) is 5.92 Å². The van der Waals surface area contributed by atoms with Crippen molar-refractivity contribution in [1.82, 2.24) is 10.3 Å². The monoisotopic (exact) mass is 373 g/mol. The summed E-state index contributed by atoms with van der Waals surface area (Å²) >= 11 is 3.38. The lowest BCUT2D eigenvalue weighted by atomic mass is 9.96. The number of nitrogens with one attached hydrogen (secondary N) is 1. The molecule has 1 amide bonds. The van der Waals surface area contributed by atoms with Gasteiger partial charge in [0.2, 0.25) is 0 Å². The van der Waals surface area contributed by atoms with Gasteiger partial charge in [0, 0.05) is 47.8 Å². The van der Waals surface area contributed by atoms with E-state index in [2.05, 4.69) is 43.3 Å². The third-order valence-corrected chi connectivity index (χ3v) is 4.83. The first-order valence-corrected chi connectivity index (χ1v) is 8.70. The first-order valence-electron chi connectivity index (χ1n) is 7.91. The Morgan fingerprint density at radius 2 is 1.78 bits per heavy atom. The summed E-state index contributed by atoms with van der Waals surface area (Å²) in [6, 6.07) is 11.6. The van der Waals surface area contributed by atoms with Crippen LogP contribution in [0.3, 0.4) is 0 Å². The van der Waals surface area contributed by atoms with Crippen LogP contribution in [0.5, 0.6) is 0 Å². The van der Waals surface area contributed by atoms with Crippen molar-refractivity contribution in [1.29, 1.82) is 0 Å². The second kappa shape index (κ2) is 7.59. The van der Waals surface area contributed by atoms with Crippen LogP contribution in [-0.4, -0.2) is 30.5 Å². The number of anilines is 1. The number of hydrogen-bond donors (Lipinski definition) is 1. The molecule has 0 saturated carbocycles. The van der Waals surface area contributed by atoms with Gasteiger partial charge in [-0.05, 0) is 55.2 Å². The number of benzene rings is 1. The van der Waals surface area contributed by atoms with Gasteiger partial charge in [0.1, 0.15) is 0 Å². The molecule has 23 heavy (non-hydrogen) atoms. The summed E-state index contributed by atoms with van der Waals surface area (Å²) in [6.45, 7) is 2.81. The number of rotatable bonds is 4. The zero-order valence-electron chi connectivity index (χ0n) is 12.9. The van der Waals surface area contributed by atoms with E-state index in [1.54, 1.807) is 0 Å². The Morgan fingerprint density at radius 1 is 1.13 bits per heavy atom. The van der Waals surface area contributed by atoms with Gasteiger partial charge in [-0.2, -0.15) is 0 Å². The molecule has 1 saturated heterocycles. The first kappa shape index (κ1) is 16.0. The maximum absolute atomic E-state index is 12.1. The number of aromatic nitrogens is 1. The zero-order chi connectivity index (χ0) is 16.1. The summed E-state index contributed by atoms with van der Waals surface area (Å²) in [7, 11) is 0. The van der Waals surface area contributed by atoms with Crippen LogP contribution in [0.4, 0.5) is 5.69 Å². The predicted molar refractivity (Wildman–Crippen MR) is 95.6 cm³/mol. The molecule has 1 aliphatic rings. The molecule has 2 heterocycles. The molecule has 0 bridgehead atoms. The van der Waals surface area contributed by atoms with Crippen molar-refractivity contribution < 1.29 is 4.79 Å². The van der Waals surface area contributed by atoms with Crippen LogP contribution in [0, 0.1) is 5.92 Å². The minimum absolute atomic E-state index is 0.00839. The summed E-state index contributed by atoms with van der Waals surface area (Å²) in [5.41, 5.74) is 1.94. The highest BCUT2D eigenvalue weighted by molar-refractivity contribution is 9.10. The maximum atomic E-state index is 12.1. The molecule has 0 atom stereocenters. The highest BCUT2D eigenvalue weighted by atomic mass is 79.9. The number of halogens is 1. The summed E-state index contributed by atoms with van der Waals surface area (Å²) in [4.78, 5) is 18.6. The van der Waals surface area contributed by atoms with Crippen LogP contribution in [0.25, 0.3) is 0 Å². The highest BCUT2D eigenvalue weighted by Gasteiger charge is 2.20. The van der Waals surface area contributed by atoms with Gasteiger partial charge in [-0.1, -0.05) is 15.9 Å².